The maximum atomic E-state index is 8.63. The molecule has 0 radical (unpaired) electrons. The summed E-state index contributed by atoms with van der Waals surface area (Å²) < 4.78 is 0. The lowest BCUT2D eigenvalue weighted by Crippen LogP contribution is -2.51. The third-order valence-electron chi connectivity index (χ3n) is 1.80. The Morgan fingerprint density at radius 2 is 2.46 bits per heavy atom. The highest BCUT2D eigenvalue weighted by atomic mass is 35.5. The molecule has 0 saturated carbocycles. The van der Waals surface area contributed by atoms with Crippen LogP contribution in [0.4, 0.5) is 5.13 Å². The number of halogens is 1. The number of nitrogens with zero attached hydrogens (tertiary/aromatic N) is 2. The quantitative estimate of drug-likeness (QED) is 0.773. The van der Waals surface area contributed by atoms with Crippen molar-refractivity contribution in [1.82, 2.24) is 10.3 Å². The summed E-state index contributed by atoms with van der Waals surface area (Å²) in [5.74, 6) is 0. The summed E-state index contributed by atoms with van der Waals surface area (Å²) >= 11 is 7.00. The minimum Gasteiger partial charge on any atom is -0.356 e. The predicted molar refractivity (Wildman–Crippen MR) is 52.1 cm³/mol. The van der Waals surface area contributed by atoms with Gasteiger partial charge < -0.3 is 10.6 Å². The normalized spacial score (nSPS) is 16.3. The number of hydrogen-bond donors (Lipinski definition) is 2. The molecule has 1 aromatic heterocycles. The van der Waals surface area contributed by atoms with Crippen molar-refractivity contribution in [2.75, 3.05) is 18.4 Å². The molecule has 2 rings (SSSR count). The predicted octanol–water partition coefficient (Wildman–Crippen LogP) is 1.05. The zero-order chi connectivity index (χ0) is 9.26. The fourth-order valence-electron chi connectivity index (χ4n) is 0.998. The van der Waals surface area contributed by atoms with Crippen molar-refractivity contribution < 1.29 is 0 Å². The summed E-state index contributed by atoms with van der Waals surface area (Å²) in [5, 5.41) is 16.0. The van der Waals surface area contributed by atoms with Gasteiger partial charge >= 0.3 is 0 Å². The minimum absolute atomic E-state index is 0.294. The van der Waals surface area contributed by atoms with Gasteiger partial charge in [-0.15, -0.1) is 0 Å². The average Bonchev–Trinajstić information content (AvgIpc) is 2.39. The fraction of sp³-hybridized carbons (Fsp3) is 0.429. The van der Waals surface area contributed by atoms with E-state index < -0.39 is 0 Å². The third-order valence-corrected chi connectivity index (χ3v) is 3.07. The Balaban J connectivity index is 2.08. The monoisotopic (exact) mass is 214 g/mol. The van der Waals surface area contributed by atoms with Crippen LogP contribution in [0, 0.1) is 11.3 Å². The number of aromatic nitrogens is 1. The lowest BCUT2D eigenvalue weighted by atomic mass is 10.2. The second-order valence-electron chi connectivity index (χ2n) is 2.75. The summed E-state index contributed by atoms with van der Waals surface area (Å²) in [6, 6.07) is 2.42. The van der Waals surface area contributed by atoms with Crippen molar-refractivity contribution >= 4 is 28.1 Å². The molecule has 1 aromatic rings. The van der Waals surface area contributed by atoms with Crippen LogP contribution in [0.2, 0.25) is 5.15 Å². The Hall–Kier alpha value is -0.830. The van der Waals surface area contributed by atoms with E-state index in [0.717, 1.165) is 18.2 Å². The van der Waals surface area contributed by atoms with E-state index in [2.05, 4.69) is 15.6 Å². The first-order valence-electron chi connectivity index (χ1n) is 3.83. The molecular formula is C7H7ClN4S. The van der Waals surface area contributed by atoms with Crippen LogP contribution in [0.15, 0.2) is 0 Å². The minimum atomic E-state index is 0.294. The van der Waals surface area contributed by atoms with E-state index in [1.165, 1.54) is 11.3 Å². The highest BCUT2D eigenvalue weighted by Gasteiger charge is 2.18. The summed E-state index contributed by atoms with van der Waals surface area (Å²) in [7, 11) is 0. The maximum absolute atomic E-state index is 8.63. The van der Waals surface area contributed by atoms with Gasteiger partial charge in [0.15, 0.2) is 10.3 Å². The molecule has 0 spiro atoms. The summed E-state index contributed by atoms with van der Waals surface area (Å²) in [5.41, 5.74) is 0. The third kappa shape index (κ3) is 1.75. The summed E-state index contributed by atoms with van der Waals surface area (Å²) in [6.07, 6.45) is 0. The van der Waals surface area contributed by atoms with Crippen LogP contribution in [-0.2, 0) is 0 Å². The zero-order valence-corrected chi connectivity index (χ0v) is 8.24. The van der Waals surface area contributed by atoms with Gasteiger partial charge in [0.1, 0.15) is 10.9 Å². The number of rotatable bonds is 2. The van der Waals surface area contributed by atoms with E-state index >= 15 is 0 Å². The second-order valence-corrected chi connectivity index (χ2v) is 4.11. The zero-order valence-electron chi connectivity index (χ0n) is 6.67. The lowest BCUT2D eigenvalue weighted by Gasteiger charge is -2.27. The Bertz CT molecular complexity index is 352. The van der Waals surface area contributed by atoms with Gasteiger partial charge in [-0.05, 0) is 0 Å². The molecule has 0 bridgehead atoms. The molecule has 1 aliphatic heterocycles. The molecule has 0 unspecified atom stereocenters. The Morgan fingerprint density at radius 1 is 1.69 bits per heavy atom. The fourth-order valence-corrected chi connectivity index (χ4v) is 2.02. The van der Waals surface area contributed by atoms with E-state index in [1.807, 2.05) is 6.07 Å². The maximum Gasteiger partial charge on any atom is 0.185 e. The standard InChI is InChI=1S/C7H7ClN4S/c8-6-5(1-9)13-7(12-6)11-4-2-10-3-4/h4,10H,2-3H2,(H,11,12). The Morgan fingerprint density at radius 3 is 2.92 bits per heavy atom. The first-order chi connectivity index (χ1) is 6.29. The van der Waals surface area contributed by atoms with Gasteiger partial charge in [-0.2, -0.15) is 5.26 Å². The van der Waals surface area contributed by atoms with Gasteiger partial charge in [0, 0.05) is 13.1 Å². The number of nitrogens with one attached hydrogen (secondary N) is 2. The molecule has 0 aliphatic carbocycles. The van der Waals surface area contributed by atoms with Crippen molar-refractivity contribution in [3.63, 3.8) is 0 Å². The molecule has 4 nitrogen and oxygen atoms in total. The van der Waals surface area contributed by atoms with E-state index in [1.54, 1.807) is 0 Å². The summed E-state index contributed by atoms with van der Waals surface area (Å²) in [4.78, 5) is 4.49. The highest BCUT2D eigenvalue weighted by Crippen LogP contribution is 2.26. The van der Waals surface area contributed by atoms with Gasteiger partial charge in [-0.1, -0.05) is 22.9 Å². The van der Waals surface area contributed by atoms with Crippen LogP contribution < -0.4 is 10.6 Å². The molecule has 0 amide bonds. The van der Waals surface area contributed by atoms with Gasteiger partial charge in [0.05, 0.1) is 6.04 Å². The van der Waals surface area contributed by atoms with E-state index in [4.69, 9.17) is 16.9 Å². The molecule has 0 atom stereocenters. The molecular weight excluding hydrogens is 208 g/mol. The molecule has 68 valence electrons. The van der Waals surface area contributed by atoms with Crippen molar-refractivity contribution in [1.29, 1.82) is 5.26 Å². The largest absolute Gasteiger partial charge is 0.356 e. The Labute approximate surface area is 84.5 Å². The summed E-state index contributed by atoms with van der Waals surface area (Å²) in [6.45, 7) is 1.89. The molecule has 13 heavy (non-hydrogen) atoms. The molecule has 2 heterocycles. The first kappa shape index (κ1) is 8.75. The molecule has 2 N–H and O–H groups in total. The van der Waals surface area contributed by atoms with Crippen LogP contribution in [0.3, 0.4) is 0 Å². The van der Waals surface area contributed by atoms with Crippen molar-refractivity contribution in [3.8, 4) is 6.07 Å². The van der Waals surface area contributed by atoms with E-state index in [-0.39, 0.29) is 0 Å². The van der Waals surface area contributed by atoms with Gasteiger partial charge in [-0.3, -0.25) is 0 Å². The SMILES string of the molecule is N#Cc1sc(NC2CNC2)nc1Cl. The highest BCUT2D eigenvalue weighted by molar-refractivity contribution is 7.16. The van der Waals surface area contributed by atoms with Gasteiger partial charge in [0.2, 0.25) is 0 Å². The topological polar surface area (TPSA) is 60.7 Å². The van der Waals surface area contributed by atoms with Crippen LogP contribution in [0.25, 0.3) is 0 Å². The molecule has 6 heteroatoms. The number of anilines is 1. The number of hydrogen-bond acceptors (Lipinski definition) is 5. The van der Waals surface area contributed by atoms with E-state index in [0.29, 0.717) is 16.1 Å². The van der Waals surface area contributed by atoms with Crippen molar-refractivity contribution in [2.45, 2.75) is 6.04 Å². The smallest absolute Gasteiger partial charge is 0.185 e. The van der Waals surface area contributed by atoms with Crippen molar-refractivity contribution in [2.24, 2.45) is 0 Å². The van der Waals surface area contributed by atoms with E-state index in [9.17, 15) is 0 Å². The molecule has 0 aromatic carbocycles. The first-order valence-corrected chi connectivity index (χ1v) is 5.02. The van der Waals surface area contributed by atoms with Crippen LogP contribution in [0.5, 0.6) is 0 Å². The van der Waals surface area contributed by atoms with Crippen molar-refractivity contribution in [3.05, 3.63) is 10.0 Å². The van der Waals surface area contributed by atoms with Crippen LogP contribution >= 0.6 is 22.9 Å². The van der Waals surface area contributed by atoms with Crippen LogP contribution in [0.1, 0.15) is 4.88 Å². The average molecular weight is 215 g/mol. The Kier molecular flexibility index (Phi) is 2.36. The second kappa shape index (κ2) is 3.50. The van der Waals surface area contributed by atoms with Crippen LogP contribution in [-0.4, -0.2) is 24.1 Å². The van der Waals surface area contributed by atoms with Gasteiger partial charge in [-0.25, -0.2) is 4.98 Å². The molecule has 1 aliphatic rings. The van der Waals surface area contributed by atoms with Gasteiger partial charge in [0.25, 0.3) is 0 Å². The number of thiazole rings is 1. The number of nitriles is 1. The lowest BCUT2D eigenvalue weighted by molar-refractivity contribution is 0.472. The molecule has 1 saturated heterocycles. The molecule has 1 fully saturated rings.